The fraction of sp³-hybridized carbons (Fsp3) is 0.667. The van der Waals surface area contributed by atoms with Crippen LogP contribution in [0.4, 0.5) is 5.82 Å². The molecule has 2 N–H and O–H groups in total. The Labute approximate surface area is 110 Å². The van der Waals surface area contributed by atoms with Crippen LogP contribution in [0.3, 0.4) is 0 Å². The van der Waals surface area contributed by atoms with Crippen LogP contribution in [0.5, 0.6) is 0 Å². The van der Waals surface area contributed by atoms with Crippen molar-refractivity contribution < 1.29 is 0 Å². The fourth-order valence-electron chi connectivity index (χ4n) is 2.07. The summed E-state index contributed by atoms with van der Waals surface area (Å²) in [6.45, 7) is 10.6. The number of aromatic nitrogens is 1. The minimum absolute atomic E-state index is 0.636. The first kappa shape index (κ1) is 13.3. The van der Waals surface area contributed by atoms with Gasteiger partial charge in [0.25, 0.3) is 0 Å². The van der Waals surface area contributed by atoms with Crippen LogP contribution < -0.4 is 10.6 Å². The minimum Gasteiger partial charge on any atom is -0.370 e. The molecule has 0 aromatic carbocycles. The molecule has 2 rings (SSSR count). The number of rotatable bonds is 6. The van der Waals surface area contributed by atoms with Crippen molar-refractivity contribution in [1.82, 2.24) is 10.3 Å². The lowest BCUT2D eigenvalue weighted by Gasteiger charge is -2.16. The normalized spacial score (nSPS) is 15.2. The number of hydrogen-bond acceptors (Lipinski definition) is 3. The van der Waals surface area contributed by atoms with Crippen molar-refractivity contribution in [2.75, 3.05) is 11.9 Å². The zero-order chi connectivity index (χ0) is 13.1. The summed E-state index contributed by atoms with van der Waals surface area (Å²) in [5.74, 6) is 1.70. The summed E-state index contributed by atoms with van der Waals surface area (Å²) < 4.78 is 0. The molecule has 0 radical (unpaired) electrons. The summed E-state index contributed by atoms with van der Waals surface area (Å²) in [4.78, 5) is 4.65. The summed E-state index contributed by atoms with van der Waals surface area (Å²) in [5.41, 5.74) is 3.75. The van der Waals surface area contributed by atoms with Crippen molar-refractivity contribution in [3.05, 3.63) is 22.9 Å². The third kappa shape index (κ3) is 3.70. The van der Waals surface area contributed by atoms with Crippen molar-refractivity contribution in [2.45, 2.75) is 53.1 Å². The highest BCUT2D eigenvalue weighted by Crippen LogP contribution is 2.23. The van der Waals surface area contributed by atoms with Crippen LogP contribution in [0.15, 0.2) is 6.07 Å². The second-order valence-electron chi connectivity index (χ2n) is 5.84. The van der Waals surface area contributed by atoms with E-state index in [-0.39, 0.29) is 0 Å². The fourth-order valence-corrected chi connectivity index (χ4v) is 2.07. The van der Waals surface area contributed by atoms with Crippen LogP contribution in [0, 0.1) is 19.8 Å². The maximum Gasteiger partial charge on any atom is 0.131 e. The Morgan fingerprint density at radius 1 is 1.33 bits per heavy atom. The molecule has 1 heterocycles. The molecular weight excluding hydrogens is 222 g/mol. The summed E-state index contributed by atoms with van der Waals surface area (Å²) in [7, 11) is 0. The molecule has 18 heavy (non-hydrogen) atoms. The lowest BCUT2D eigenvalue weighted by atomic mass is 10.1. The van der Waals surface area contributed by atoms with Gasteiger partial charge in [0.2, 0.25) is 0 Å². The quantitative estimate of drug-likeness (QED) is 0.811. The third-order valence-corrected chi connectivity index (χ3v) is 3.30. The van der Waals surface area contributed by atoms with Crippen LogP contribution in [0.1, 0.15) is 43.5 Å². The van der Waals surface area contributed by atoms with Gasteiger partial charge in [-0.2, -0.15) is 0 Å². The number of aryl methyl sites for hydroxylation is 2. The van der Waals surface area contributed by atoms with Crippen LogP contribution in [-0.2, 0) is 6.54 Å². The van der Waals surface area contributed by atoms with Crippen LogP contribution in [0.25, 0.3) is 0 Å². The van der Waals surface area contributed by atoms with Gasteiger partial charge in [-0.3, -0.25) is 0 Å². The molecular formula is C15H25N3. The van der Waals surface area contributed by atoms with Crippen molar-refractivity contribution in [2.24, 2.45) is 5.92 Å². The lowest BCUT2D eigenvalue weighted by molar-refractivity contribution is 0.671. The molecule has 0 aliphatic heterocycles. The summed E-state index contributed by atoms with van der Waals surface area (Å²) in [6.07, 6.45) is 2.65. The highest BCUT2D eigenvalue weighted by molar-refractivity contribution is 5.49. The van der Waals surface area contributed by atoms with Crippen molar-refractivity contribution in [1.29, 1.82) is 0 Å². The van der Waals surface area contributed by atoms with Gasteiger partial charge in [-0.05, 0) is 44.2 Å². The highest BCUT2D eigenvalue weighted by Gasteiger charge is 2.21. The van der Waals surface area contributed by atoms with Crippen molar-refractivity contribution in [3.8, 4) is 0 Å². The number of nitrogens with one attached hydrogen (secondary N) is 2. The molecule has 0 amide bonds. The van der Waals surface area contributed by atoms with Gasteiger partial charge in [0.15, 0.2) is 0 Å². The van der Waals surface area contributed by atoms with E-state index >= 15 is 0 Å². The highest BCUT2D eigenvalue weighted by atomic mass is 15.0. The van der Waals surface area contributed by atoms with Crippen molar-refractivity contribution in [3.63, 3.8) is 0 Å². The molecule has 100 valence electrons. The maximum atomic E-state index is 4.65. The minimum atomic E-state index is 0.636. The van der Waals surface area contributed by atoms with E-state index in [0.29, 0.717) is 5.92 Å². The molecule has 1 aromatic rings. The Hall–Kier alpha value is -1.09. The number of nitrogens with zero attached hydrogens (tertiary/aromatic N) is 1. The van der Waals surface area contributed by atoms with Gasteiger partial charge >= 0.3 is 0 Å². The van der Waals surface area contributed by atoms with E-state index in [1.807, 2.05) is 0 Å². The number of anilines is 1. The van der Waals surface area contributed by atoms with E-state index in [2.05, 4.69) is 49.4 Å². The monoisotopic (exact) mass is 247 g/mol. The number of hydrogen-bond donors (Lipinski definition) is 2. The van der Waals surface area contributed by atoms with E-state index < -0.39 is 0 Å². The van der Waals surface area contributed by atoms with Gasteiger partial charge in [-0.15, -0.1) is 0 Å². The zero-order valence-corrected chi connectivity index (χ0v) is 12.0. The average molecular weight is 247 g/mol. The molecule has 1 saturated carbocycles. The van der Waals surface area contributed by atoms with E-state index in [1.165, 1.54) is 24.0 Å². The van der Waals surface area contributed by atoms with Crippen LogP contribution >= 0.6 is 0 Å². The standard InChI is InChI=1S/C15H25N3/c1-10(2)8-17-15-14(9-16-13-5-6-13)11(3)7-12(4)18-15/h7,10,13,16H,5-6,8-9H2,1-4H3,(H,17,18). The second-order valence-corrected chi connectivity index (χ2v) is 5.84. The first-order chi connectivity index (χ1) is 8.56. The van der Waals surface area contributed by atoms with Gasteiger partial charge in [-0.25, -0.2) is 4.98 Å². The molecule has 0 atom stereocenters. The zero-order valence-electron chi connectivity index (χ0n) is 12.0. The second kappa shape index (κ2) is 5.70. The molecule has 3 nitrogen and oxygen atoms in total. The largest absolute Gasteiger partial charge is 0.370 e. The molecule has 1 aliphatic carbocycles. The molecule has 0 spiro atoms. The third-order valence-electron chi connectivity index (χ3n) is 3.30. The predicted octanol–water partition coefficient (Wildman–Crippen LogP) is 3.02. The van der Waals surface area contributed by atoms with E-state index in [9.17, 15) is 0 Å². The topological polar surface area (TPSA) is 37.0 Å². The maximum absolute atomic E-state index is 4.65. The first-order valence-electron chi connectivity index (χ1n) is 7.00. The average Bonchev–Trinajstić information content (AvgIpc) is 3.08. The van der Waals surface area contributed by atoms with Gasteiger partial charge < -0.3 is 10.6 Å². The molecule has 0 unspecified atom stereocenters. The SMILES string of the molecule is Cc1cc(C)c(CNC2CC2)c(NCC(C)C)n1. The molecule has 1 fully saturated rings. The van der Waals surface area contributed by atoms with Crippen LogP contribution in [0.2, 0.25) is 0 Å². The Morgan fingerprint density at radius 2 is 2.06 bits per heavy atom. The Bertz CT molecular complexity index is 408. The van der Waals surface area contributed by atoms with Gasteiger partial charge in [0.1, 0.15) is 5.82 Å². The Kier molecular flexibility index (Phi) is 4.23. The van der Waals surface area contributed by atoms with Gasteiger partial charge in [0, 0.05) is 30.4 Å². The van der Waals surface area contributed by atoms with Crippen LogP contribution in [-0.4, -0.2) is 17.6 Å². The summed E-state index contributed by atoms with van der Waals surface area (Å²) in [5, 5.41) is 7.07. The smallest absolute Gasteiger partial charge is 0.131 e. The molecule has 3 heteroatoms. The number of pyridine rings is 1. The first-order valence-corrected chi connectivity index (χ1v) is 7.00. The lowest BCUT2D eigenvalue weighted by Crippen LogP contribution is -2.19. The molecule has 0 saturated heterocycles. The van der Waals surface area contributed by atoms with E-state index in [0.717, 1.165) is 30.6 Å². The molecule has 1 aromatic heterocycles. The van der Waals surface area contributed by atoms with E-state index in [4.69, 9.17) is 0 Å². The summed E-state index contributed by atoms with van der Waals surface area (Å²) in [6, 6.07) is 2.91. The van der Waals surface area contributed by atoms with Gasteiger partial charge in [0.05, 0.1) is 0 Å². The molecule has 1 aliphatic rings. The molecule has 0 bridgehead atoms. The Morgan fingerprint density at radius 3 is 2.67 bits per heavy atom. The predicted molar refractivity (Wildman–Crippen MR) is 76.9 cm³/mol. The van der Waals surface area contributed by atoms with Crippen molar-refractivity contribution >= 4 is 5.82 Å². The Balaban J connectivity index is 2.11. The van der Waals surface area contributed by atoms with E-state index in [1.54, 1.807) is 0 Å². The summed E-state index contributed by atoms with van der Waals surface area (Å²) >= 11 is 0. The van der Waals surface area contributed by atoms with Gasteiger partial charge in [-0.1, -0.05) is 13.8 Å².